The standard InChI is InChI=1S/C28H38F2N4O4/c1-19-10-11-20-12-13-21(32-26(20)31-19)7-5-6-15-34(18-22(17-29)38-2)16-14-25(28(36)37)33-27(35)23-8-3-4-9-24(23)30/h3-4,8-9,12-13,19,22,25H,5-7,10-11,14-18H2,1-2H3,(H,31,32)(H,33,35)(H,36,37). The van der Waals surface area contributed by atoms with Crippen molar-refractivity contribution >= 4 is 17.7 Å². The molecule has 208 valence electrons. The highest BCUT2D eigenvalue weighted by molar-refractivity contribution is 5.96. The molecule has 1 amide bonds. The van der Waals surface area contributed by atoms with Gasteiger partial charge in [-0.15, -0.1) is 0 Å². The highest BCUT2D eigenvalue weighted by Gasteiger charge is 2.24. The molecule has 1 aliphatic rings. The number of carbonyl (C=O) groups excluding carboxylic acids is 1. The summed E-state index contributed by atoms with van der Waals surface area (Å²) in [7, 11) is 1.44. The van der Waals surface area contributed by atoms with Gasteiger partial charge in [0.15, 0.2) is 0 Å². The van der Waals surface area contributed by atoms with Gasteiger partial charge in [-0.05, 0) is 75.8 Å². The molecule has 0 saturated carbocycles. The number of pyridine rings is 1. The Balaban J connectivity index is 1.54. The number of nitrogens with zero attached hydrogens (tertiary/aromatic N) is 2. The van der Waals surface area contributed by atoms with E-state index in [9.17, 15) is 23.5 Å². The Morgan fingerprint density at radius 1 is 1.24 bits per heavy atom. The minimum atomic E-state index is -1.22. The van der Waals surface area contributed by atoms with Crippen LogP contribution < -0.4 is 10.6 Å². The van der Waals surface area contributed by atoms with Crippen molar-refractivity contribution in [3.05, 3.63) is 59.0 Å². The van der Waals surface area contributed by atoms with Crippen LogP contribution >= 0.6 is 0 Å². The van der Waals surface area contributed by atoms with Crippen molar-refractivity contribution in [2.75, 3.05) is 38.7 Å². The molecule has 38 heavy (non-hydrogen) atoms. The Morgan fingerprint density at radius 3 is 2.74 bits per heavy atom. The molecule has 1 aliphatic heterocycles. The lowest BCUT2D eigenvalue weighted by molar-refractivity contribution is -0.139. The largest absolute Gasteiger partial charge is 0.480 e. The summed E-state index contributed by atoms with van der Waals surface area (Å²) in [6.45, 7) is 2.68. The Morgan fingerprint density at radius 2 is 2.03 bits per heavy atom. The summed E-state index contributed by atoms with van der Waals surface area (Å²) in [4.78, 5) is 31.0. The van der Waals surface area contributed by atoms with Crippen molar-refractivity contribution < 1.29 is 28.2 Å². The van der Waals surface area contributed by atoms with E-state index < -0.39 is 36.5 Å². The zero-order chi connectivity index (χ0) is 27.5. The number of nitrogens with one attached hydrogen (secondary N) is 2. The summed E-state index contributed by atoms with van der Waals surface area (Å²) in [5, 5.41) is 15.5. The maximum absolute atomic E-state index is 13.9. The van der Waals surface area contributed by atoms with Crippen LogP contribution in [0.5, 0.6) is 0 Å². The molecule has 2 aromatic rings. The fourth-order valence-electron chi connectivity index (χ4n) is 4.53. The number of carboxylic acid groups (broad SMARTS) is 1. The van der Waals surface area contributed by atoms with Gasteiger partial charge in [0.05, 0.1) is 11.7 Å². The molecule has 1 aromatic heterocycles. The molecule has 3 N–H and O–H groups in total. The van der Waals surface area contributed by atoms with E-state index in [1.165, 1.54) is 30.9 Å². The number of aromatic nitrogens is 1. The first-order valence-electron chi connectivity index (χ1n) is 13.1. The van der Waals surface area contributed by atoms with Gasteiger partial charge in [0.2, 0.25) is 0 Å². The smallest absolute Gasteiger partial charge is 0.326 e. The number of halogens is 2. The van der Waals surface area contributed by atoms with Gasteiger partial charge in [-0.3, -0.25) is 4.79 Å². The molecule has 3 unspecified atom stereocenters. The first kappa shape index (κ1) is 29.4. The van der Waals surface area contributed by atoms with Crippen LogP contribution in [0.2, 0.25) is 0 Å². The molecule has 3 atom stereocenters. The number of unbranched alkanes of at least 4 members (excludes halogenated alkanes) is 1. The predicted molar refractivity (Wildman–Crippen MR) is 142 cm³/mol. The molecule has 0 spiro atoms. The van der Waals surface area contributed by atoms with Crippen LogP contribution in [0.15, 0.2) is 36.4 Å². The SMILES string of the molecule is COC(CF)CN(CCCCc1ccc2c(n1)NC(C)CC2)CCC(NC(=O)c1ccccc1F)C(=O)O. The number of carboxylic acids is 1. The van der Waals surface area contributed by atoms with E-state index in [2.05, 4.69) is 29.7 Å². The van der Waals surface area contributed by atoms with E-state index in [1.807, 2.05) is 4.90 Å². The lowest BCUT2D eigenvalue weighted by Crippen LogP contribution is -2.44. The molecule has 2 heterocycles. The number of aliphatic carboxylic acids is 1. The molecular weight excluding hydrogens is 494 g/mol. The van der Waals surface area contributed by atoms with Crippen molar-refractivity contribution in [2.24, 2.45) is 0 Å². The summed E-state index contributed by atoms with van der Waals surface area (Å²) in [5.41, 5.74) is 2.04. The van der Waals surface area contributed by atoms with Crippen molar-refractivity contribution in [2.45, 2.75) is 63.6 Å². The molecule has 0 fully saturated rings. The number of benzene rings is 1. The number of fused-ring (bicyclic) bond motifs is 1. The minimum absolute atomic E-state index is 0.0779. The third-order valence-electron chi connectivity index (χ3n) is 6.85. The third kappa shape index (κ3) is 8.73. The van der Waals surface area contributed by atoms with Crippen molar-refractivity contribution in [1.82, 2.24) is 15.2 Å². The Bertz CT molecular complexity index is 1070. The number of carbonyl (C=O) groups is 2. The molecule has 0 saturated heterocycles. The second kappa shape index (κ2) is 14.7. The molecule has 3 rings (SSSR count). The maximum atomic E-state index is 13.9. The van der Waals surface area contributed by atoms with Gasteiger partial charge in [-0.2, -0.15) is 0 Å². The fraction of sp³-hybridized carbons (Fsp3) is 0.536. The van der Waals surface area contributed by atoms with Gasteiger partial charge in [0.25, 0.3) is 5.91 Å². The monoisotopic (exact) mass is 532 g/mol. The number of rotatable bonds is 15. The topological polar surface area (TPSA) is 104 Å². The Labute approximate surface area is 222 Å². The van der Waals surface area contributed by atoms with Gasteiger partial charge in [0.1, 0.15) is 24.4 Å². The summed E-state index contributed by atoms with van der Waals surface area (Å²) in [5.74, 6) is -1.77. The fourth-order valence-corrected chi connectivity index (χ4v) is 4.53. The van der Waals surface area contributed by atoms with E-state index in [-0.39, 0.29) is 12.0 Å². The lowest BCUT2D eigenvalue weighted by atomic mass is 10.0. The average Bonchev–Trinajstić information content (AvgIpc) is 2.91. The molecule has 1 aromatic carbocycles. The first-order valence-corrected chi connectivity index (χ1v) is 13.1. The van der Waals surface area contributed by atoms with Crippen LogP contribution in [0.1, 0.15) is 54.2 Å². The highest BCUT2D eigenvalue weighted by atomic mass is 19.1. The maximum Gasteiger partial charge on any atom is 0.326 e. The van der Waals surface area contributed by atoms with Gasteiger partial charge in [-0.25, -0.2) is 18.6 Å². The minimum Gasteiger partial charge on any atom is -0.480 e. The zero-order valence-corrected chi connectivity index (χ0v) is 22.1. The summed E-state index contributed by atoms with van der Waals surface area (Å²) < 4.78 is 32.5. The van der Waals surface area contributed by atoms with E-state index in [0.29, 0.717) is 25.7 Å². The van der Waals surface area contributed by atoms with Gasteiger partial charge in [-0.1, -0.05) is 18.2 Å². The van der Waals surface area contributed by atoms with Crippen molar-refractivity contribution in [1.29, 1.82) is 0 Å². The van der Waals surface area contributed by atoms with Crippen molar-refractivity contribution in [3.63, 3.8) is 0 Å². The number of hydrogen-bond acceptors (Lipinski definition) is 6. The highest BCUT2D eigenvalue weighted by Crippen LogP contribution is 2.23. The molecule has 8 nitrogen and oxygen atoms in total. The average molecular weight is 533 g/mol. The van der Waals surface area contributed by atoms with Gasteiger partial charge in [0, 0.05) is 31.9 Å². The molecule has 10 heteroatoms. The first-order chi connectivity index (χ1) is 18.3. The summed E-state index contributed by atoms with van der Waals surface area (Å²) in [6, 6.07) is 8.80. The quantitative estimate of drug-likeness (QED) is 0.300. The molecule has 0 bridgehead atoms. The predicted octanol–water partition coefficient (Wildman–Crippen LogP) is 3.85. The molecule has 0 aliphatic carbocycles. The zero-order valence-electron chi connectivity index (χ0n) is 22.1. The second-order valence-electron chi connectivity index (χ2n) is 9.80. The normalized spacial score (nSPS) is 16.4. The van der Waals surface area contributed by atoms with Gasteiger partial charge < -0.3 is 25.4 Å². The summed E-state index contributed by atoms with van der Waals surface area (Å²) in [6.07, 6.45) is 4.02. The van der Waals surface area contributed by atoms with E-state index in [4.69, 9.17) is 9.72 Å². The van der Waals surface area contributed by atoms with Crippen LogP contribution in [0, 0.1) is 5.82 Å². The Hall–Kier alpha value is -3.11. The van der Waals surface area contributed by atoms with Crippen LogP contribution in [0.3, 0.4) is 0 Å². The third-order valence-corrected chi connectivity index (χ3v) is 6.85. The van der Waals surface area contributed by atoms with Gasteiger partial charge >= 0.3 is 5.97 Å². The van der Waals surface area contributed by atoms with E-state index >= 15 is 0 Å². The number of alkyl halides is 1. The number of aryl methyl sites for hydroxylation is 2. The number of anilines is 1. The van der Waals surface area contributed by atoms with Crippen LogP contribution in [-0.2, 0) is 22.4 Å². The van der Waals surface area contributed by atoms with Crippen LogP contribution in [-0.4, -0.2) is 78.5 Å². The van der Waals surface area contributed by atoms with Crippen LogP contribution in [0.25, 0.3) is 0 Å². The molecule has 0 radical (unpaired) electrons. The summed E-state index contributed by atoms with van der Waals surface area (Å²) >= 11 is 0. The number of amides is 1. The molecular formula is C28H38F2N4O4. The number of methoxy groups -OCH3 is 1. The van der Waals surface area contributed by atoms with E-state index in [0.717, 1.165) is 49.7 Å². The second-order valence-corrected chi connectivity index (χ2v) is 9.80. The number of ether oxygens (including phenoxy) is 1. The van der Waals surface area contributed by atoms with E-state index in [1.54, 1.807) is 0 Å². The Kier molecular flexibility index (Phi) is 11.4. The lowest BCUT2D eigenvalue weighted by Gasteiger charge is -2.27. The van der Waals surface area contributed by atoms with Crippen molar-refractivity contribution in [3.8, 4) is 0 Å². The number of hydrogen-bond donors (Lipinski definition) is 3. The van der Waals surface area contributed by atoms with Crippen LogP contribution in [0.4, 0.5) is 14.6 Å².